The number of aromatic nitrogens is 2. The Morgan fingerprint density at radius 2 is 1.37 bits per heavy atom. The first-order chi connectivity index (χ1) is 21.9. The summed E-state index contributed by atoms with van der Waals surface area (Å²) in [5.41, 5.74) is 8.21. The molecule has 2 amide bonds. The van der Waals surface area contributed by atoms with E-state index in [-0.39, 0.29) is 6.42 Å². The molecule has 1 heterocycles. The second-order valence-electron chi connectivity index (χ2n) is 11.9. The van der Waals surface area contributed by atoms with Gasteiger partial charge in [-0.25, -0.2) is 9.78 Å². The van der Waals surface area contributed by atoms with Gasteiger partial charge in [0, 0.05) is 12.6 Å². The van der Waals surface area contributed by atoms with Gasteiger partial charge in [-0.3, -0.25) is 14.4 Å². The fraction of sp³-hybridized carbons (Fsp3) is 0.286. The molecule has 46 heavy (non-hydrogen) atoms. The molecular weight excluding hydrogens is 586 g/mol. The molecule has 0 bridgehead atoms. The highest BCUT2D eigenvalue weighted by Gasteiger charge is 2.38. The summed E-state index contributed by atoms with van der Waals surface area (Å²) in [4.78, 5) is 53.5. The van der Waals surface area contributed by atoms with Gasteiger partial charge in [-0.15, -0.1) is 0 Å². The number of ether oxygens (including phenoxy) is 1. The second kappa shape index (κ2) is 14.7. The lowest BCUT2D eigenvalue weighted by atomic mass is 9.77. The third kappa shape index (κ3) is 8.24. The number of carbonyl (C=O) groups excluding carboxylic acids is 3. The summed E-state index contributed by atoms with van der Waals surface area (Å²) < 4.78 is 7.15. The first kappa shape index (κ1) is 33.6. The van der Waals surface area contributed by atoms with Gasteiger partial charge in [0.2, 0.25) is 11.8 Å². The average molecular weight is 626 g/mol. The second-order valence-corrected chi connectivity index (χ2v) is 11.9. The van der Waals surface area contributed by atoms with Crippen molar-refractivity contribution < 1.29 is 29.0 Å². The van der Waals surface area contributed by atoms with E-state index < -0.39 is 59.9 Å². The van der Waals surface area contributed by atoms with Crippen LogP contribution in [0.5, 0.6) is 0 Å². The van der Waals surface area contributed by atoms with Crippen molar-refractivity contribution >= 4 is 23.8 Å². The SMILES string of the molecule is CC(C)(C)OC(=O)C[C@H](NC(=O)CNC(=O)[C@@H](N)Cc1cn(C(c2ccccc2)(c2ccccc2)c2ccccc2)cn1)C(=O)O. The average Bonchev–Trinajstić information content (AvgIpc) is 3.49. The van der Waals surface area contributed by atoms with Crippen LogP contribution in [0.3, 0.4) is 0 Å². The maximum Gasteiger partial charge on any atom is 0.326 e. The number of nitrogens with two attached hydrogens (primary N) is 1. The first-order valence-electron chi connectivity index (χ1n) is 14.9. The van der Waals surface area contributed by atoms with E-state index in [1.807, 2.05) is 65.4 Å². The summed E-state index contributed by atoms with van der Waals surface area (Å²) in [6.07, 6.45) is 3.09. The minimum atomic E-state index is -1.52. The number of amides is 2. The molecule has 0 saturated carbocycles. The molecule has 0 spiro atoms. The predicted octanol–water partition coefficient (Wildman–Crippen LogP) is 3.01. The Bertz CT molecular complexity index is 1540. The first-order valence-corrected chi connectivity index (χ1v) is 14.9. The minimum Gasteiger partial charge on any atom is -0.480 e. The van der Waals surface area contributed by atoms with Gasteiger partial charge in [-0.05, 0) is 37.5 Å². The number of nitrogens with zero attached hydrogens (tertiary/aromatic N) is 2. The van der Waals surface area contributed by atoms with E-state index in [0.717, 1.165) is 16.7 Å². The van der Waals surface area contributed by atoms with E-state index in [4.69, 9.17) is 10.5 Å². The van der Waals surface area contributed by atoms with Gasteiger partial charge in [0.15, 0.2) is 0 Å². The van der Waals surface area contributed by atoms with Crippen LogP contribution >= 0.6 is 0 Å². The molecule has 3 aromatic carbocycles. The van der Waals surface area contributed by atoms with E-state index in [0.29, 0.717) is 5.69 Å². The highest BCUT2D eigenvalue weighted by Crippen LogP contribution is 2.40. The van der Waals surface area contributed by atoms with Crippen molar-refractivity contribution in [1.82, 2.24) is 20.2 Å². The van der Waals surface area contributed by atoms with Gasteiger partial charge in [0.25, 0.3) is 0 Å². The van der Waals surface area contributed by atoms with Crippen LogP contribution in [0.25, 0.3) is 0 Å². The van der Waals surface area contributed by atoms with Crippen LogP contribution in [0.15, 0.2) is 104 Å². The third-order valence-corrected chi connectivity index (χ3v) is 7.21. The molecule has 11 nitrogen and oxygen atoms in total. The summed E-state index contributed by atoms with van der Waals surface area (Å²) >= 11 is 0. The van der Waals surface area contributed by atoms with E-state index >= 15 is 0 Å². The van der Waals surface area contributed by atoms with Crippen molar-refractivity contribution in [2.75, 3.05) is 6.54 Å². The number of esters is 1. The lowest BCUT2D eigenvalue weighted by Crippen LogP contribution is -2.49. The molecule has 0 saturated heterocycles. The molecule has 5 N–H and O–H groups in total. The molecule has 4 aromatic rings. The van der Waals surface area contributed by atoms with Crippen molar-refractivity contribution in [3.63, 3.8) is 0 Å². The Kier molecular flexibility index (Phi) is 10.7. The van der Waals surface area contributed by atoms with Crippen molar-refractivity contribution in [1.29, 1.82) is 0 Å². The Morgan fingerprint density at radius 3 is 1.83 bits per heavy atom. The molecular formula is C35H39N5O6. The van der Waals surface area contributed by atoms with Crippen molar-refractivity contribution in [2.45, 2.75) is 56.8 Å². The number of carboxylic acid groups (broad SMARTS) is 1. The number of carboxylic acids is 1. The molecule has 0 aliphatic heterocycles. The number of imidazole rings is 1. The van der Waals surface area contributed by atoms with Crippen molar-refractivity contribution in [2.24, 2.45) is 5.73 Å². The zero-order valence-electron chi connectivity index (χ0n) is 26.1. The summed E-state index contributed by atoms with van der Waals surface area (Å²) in [7, 11) is 0. The molecule has 0 radical (unpaired) electrons. The Labute approximate surface area is 267 Å². The van der Waals surface area contributed by atoms with Crippen LogP contribution in [0.1, 0.15) is 49.6 Å². The molecule has 4 rings (SSSR count). The van der Waals surface area contributed by atoms with E-state index in [1.165, 1.54) is 0 Å². The van der Waals surface area contributed by atoms with Crippen molar-refractivity contribution in [3.8, 4) is 0 Å². The van der Waals surface area contributed by atoms with Crippen LogP contribution in [0.4, 0.5) is 0 Å². The molecule has 240 valence electrons. The standard InChI is InChI=1S/C35H39N5O6/c1-34(2,3)46-31(42)20-29(33(44)45)39-30(41)21-37-32(43)28(36)19-27-22-40(23-38-27)35(24-13-7-4-8-14-24,25-15-9-5-10-16-25)26-17-11-6-12-18-26/h4-18,22-23,28-29H,19-21,36H2,1-3H3,(H,37,43)(H,39,41)(H,44,45)/t28-,29-/m0/s1. The smallest absolute Gasteiger partial charge is 0.326 e. The van der Waals surface area contributed by atoms with Gasteiger partial charge < -0.3 is 30.8 Å². The van der Waals surface area contributed by atoms with Crippen LogP contribution in [0.2, 0.25) is 0 Å². The number of aliphatic carboxylic acids is 1. The Balaban J connectivity index is 1.48. The topological polar surface area (TPSA) is 166 Å². The van der Waals surface area contributed by atoms with Crippen molar-refractivity contribution in [3.05, 3.63) is 126 Å². The number of benzene rings is 3. The lowest BCUT2D eigenvalue weighted by Gasteiger charge is -2.37. The van der Waals surface area contributed by atoms with Crippen LogP contribution in [-0.2, 0) is 35.9 Å². The molecule has 11 heteroatoms. The molecule has 0 unspecified atom stereocenters. The molecule has 0 aliphatic rings. The number of carbonyl (C=O) groups is 4. The molecule has 0 aliphatic carbocycles. The zero-order valence-corrected chi connectivity index (χ0v) is 26.1. The predicted molar refractivity (Wildman–Crippen MR) is 172 cm³/mol. The van der Waals surface area contributed by atoms with E-state index in [2.05, 4.69) is 52.0 Å². The van der Waals surface area contributed by atoms with Gasteiger partial charge in [-0.1, -0.05) is 91.0 Å². The van der Waals surface area contributed by atoms with Gasteiger partial charge in [0.05, 0.1) is 31.0 Å². The number of hydrogen-bond acceptors (Lipinski definition) is 7. The Hall–Kier alpha value is -5.29. The zero-order chi connectivity index (χ0) is 33.3. The molecule has 0 fully saturated rings. The van der Waals surface area contributed by atoms with E-state index in [1.54, 1.807) is 27.1 Å². The highest BCUT2D eigenvalue weighted by atomic mass is 16.6. The highest BCUT2D eigenvalue weighted by molar-refractivity contribution is 5.91. The van der Waals surface area contributed by atoms with Gasteiger partial charge in [-0.2, -0.15) is 0 Å². The van der Waals surface area contributed by atoms with Gasteiger partial charge >= 0.3 is 11.9 Å². The summed E-state index contributed by atoms with van der Waals surface area (Å²) in [5.74, 6) is -3.60. The number of nitrogens with one attached hydrogen (secondary N) is 2. The minimum absolute atomic E-state index is 0.0747. The summed E-state index contributed by atoms with van der Waals surface area (Å²) in [6.45, 7) is 4.41. The lowest BCUT2D eigenvalue weighted by molar-refractivity contribution is -0.158. The molecule has 2 atom stereocenters. The normalized spacial score (nSPS) is 12.9. The monoisotopic (exact) mass is 625 g/mol. The third-order valence-electron chi connectivity index (χ3n) is 7.21. The van der Waals surface area contributed by atoms with Gasteiger partial charge in [0.1, 0.15) is 17.2 Å². The summed E-state index contributed by atoms with van der Waals surface area (Å²) in [5, 5.41) is 14.1. The summed E-state index contributed by atoms with van der Waals surface area (Å²) in [6, 6.07) is 27.6. The number of hydrogen-bond donors (Lipinski definition) is 4. The molecule has 1 aromatic heterocycles. The maximum atomic E-state index is 12.8. The fourth-order valence-electron chi connectivity index (χ4n) is 5.25. The quantitative estimate of drug-likeness (QED) is 0.130. The maximum absolute atomic E-state index is 12.8. The van der Waals surface area contributed by atoms with Crippen LogP contribution in [-0.4, -0.2) is 62.6 Å². The Morgan fingerprint density at radius 1 is 0.870 bits per heavy atom. The van der Waals surface area contributed by atoms with Crippen LogP contribution < -0.4 is 16.4 Å². The van der Waals surface area contributed by atoms with Crippen LogP contribution in [0, 0.1) is 0 Å². The largest absolute Gasteiger partial charge is 0.480 e. The van der Waals surface area contributed by atoms with E-state index in [9.17, 15) is 24.3 Å². The fourth-order valence-corrected chi connectivity index (χ4v) is 5.25. The number of rotatable bonds is 13.